The summed E-state index contributed by atoms with van der Waals surface area (Å²) in [4.78, 5) is 13.9. The van der Waals surface area contributed by atoms with Gasteiger partial charge in [-0.3, -0.25) is 4.79 Å². The fourth-order valence-electron chi connectivity index (χ4n) is 1.87. The van der Waals surface area contributed by atoms with Gasteiger partial charge in [0.05, 0.1) is 11.3 Å². The van der Waals surface area contributed by atoms with E-state index in [-0.39, 0.29) is 11.6 Å². The number of nitrogens with zero attached hydrogens (tertiary/aromatic N) is 1. The second kappa shape index (κ2) is 6.45. The molecule has 21 heavy (non-hydrogen) atoms. The third-order valence-electron chi connectivity index (χ3n) is 3.00. The van der Waals surface area contributed by atoms with E-state index in [9.17, 15) is 9.18 Å². The van der Waals surface area contributed by atoms with E-state index in [1.54, 1.807) is 19.2 Å². The number of carbonyl (C=O) groups is 1. The molecule has 0 aromatic heterocycles. The fraction of sp³-hybridized carbons (Fsp3) is 0.133. The zero-order chi connectivity index (χ0) is 15.6. The Kier molecular flexibility index (Phi) is 4.85. The lowest BCUT2D eigenvalue weighted by molar-refractivity contribution is 0.0784. The van der Waals surface area contributed by atoms with Gasteiger partial charge in [0.1, 0.15) is 5.82 Å². The third kappa shape index (κ3) is 3.74. The molecule has 2 N–H and O–H groups in total. The standard InChI is InChI=1S/C15H13BrClFN2O/c1-20(8-9-2-4-10(17)5-3-9)15(21)11-6-14(19)13(18)7-12(11)16/h2-7H,8,19H2,1H3. The summed E-state index contributed by atoms with van der Waals surface area (Å²) in [6.07, 6.45) is 0. The number of carbonyl (C=O) groups excluding carboxylic acids is 1. The van der Waals surface area contributed by atoms with Crippen LogP contribution in [0.2, 0.25) is 5.02 Å². The van der Waals surface area contributed by atoms with Gasteiger partial charge >= 0.3 is 0 Å². The molecule has 0 saturated heterocycles. The van der Waals surface area contributed by atoms with E-state index in [2.05, 4.69) is 15.9 Å². The monoisotopic (exact) mass is 370 g/mol. The number of benzene rings is 2. The molecule has 0 heterocycles. The van der Waals surface area contributed by atoms with Gasteiger partial charge in [-0.25, -0.2) is 4.39 Å². The van der Waals surface area contributed by atoms with Crippen LogP contribution in [-0.4, -0.2) is 17.9 Å². The highest BCUT2D eigenvalue weighted by Gasteiger charge is 2.17. The minimum atomic E-state index is -0.557. The fourth-order valence-corrected chi connectivity index (χ4v) is 2.48. The van der Waals surface area contributed by atoms with Crippen LogP contribution in [0, 0.1) is 5.82 Å². The highest BCUT2D eigenvalue weighted by molar-refractivity contribution is 9.10. The van der Waals surface area contributed by atoms with Gasteiger partial charge in [0.2, 0.25) is 0 Å². The minimum Gasteiger partial charge on any atom is -0.396 e. The average molecular weight is 372 g/mol. The number of amides is 1. The van der Waals surface area contributed by atoms with E-state index in [0.717, 1.165) is 5.56 Å². The van der Waals surface area contributed by atoms with Crippen molar-refractivity contribution in [3.63, 3.8) is 0 Å². The van der Waals surface area contributed by atoms with Crippen molar-refractivity contribution in [1.82, 2.24) is 4.90 Å². The van der Waals surface area contributed by atoms with Crippen LogP contribution in [0.4, 0.5) is 10.1 Å². The zero-order valence-corrected chi connectivity index (χ0v) is 13.6. The molecule has 0 fully saturated rings. The van der Waals surface area contributed by atoms with E-state index in [1.165, 1.54) is 17.0 Å². The summed E-state index contributed by atoms with van der Waals surface area (Å²) in [6, 6.07) is 9.75. The first-order chi connectivity index (χ1) is 9.88. The summed E-state index contributed by atoms with van der Waals surface area (Å²) >= 11 is 9.01. The van der Waals surface area contributed by atoms with Crippen LogP contribution in [0.1, 0.15) is 15.9 Å². The van der Waals surface area contributed by atoms with Crippen LogP contribution in [0.25, 0.3) is 0 Å². The lowest BCUT2D eigenvalue weighted by Gasteiger charge is -2.18. The molecule has 0 aliphatic heterocycles. The van der Waals surface area contributed by atoms with Crippen molar-refractivity contribution >= 4 is 39.1 Å². The summed E-state index contributed by atoms with van der Waals surface area (Å²) in [5.74, 6) is -0.803. The number of hydrogen-bond acceptors (Lipinski definition) is 2. The third-order valence-corrected chi connectivity index (χ3v) is 3.90. The van der Waals surface area contributed by atoms with Crippen molar-refractivity contribution in [3.05, 3.63) is 62.8 Å². The predicted octanol–water partition coefficient (Wildman–Crippen LogP) is 4.10. The molecule has 2 aromatic carbocycles. The molecule has 0 aliphatic rings. The molecule has 0 spiro atoms. The molecule has 0 atom stereocenters. The highest BCUT2D eigenvalue weighted by atomic mass is 79.9. The summed E-state index contributed by atoms with van der Waals surface area (Å²) in [7, 11) is 1.67. The summed E-state index contributed by atoms with van der Waals surface area (Å²) in [5, 5.41) is 0.641. The van der Waals surface area contributed by atoms with Crippen molar-refractivity contribution in [2.75, 3.05) is 12.8 Å². The minimum absolute atomic E-state index is 0.0542. The molecule has 2 aromatic rings. The lowest BCUT2D eigenvalue weighted by atomic mass is 10.1. The molecule has 0 aliphatic carbocycles. The molecule has 6 heteroatoms. The van der Waals surface area contributed by atoms with Gasteiger partial charge in [-0.2, -0.15) is 0 Å². The van der Waals surface area contributed by atoms with Gasteiger partial charge in [-0.05, 0) is 45.8 Å². The van der Waals surface area contributed by atoms with Crippen LogP contribution in [-0.2, 0) is 6.54 Å². The number of anilines is 1. The molecule has 0 radical (unpaired) electrons. The Labute approximate surface area is 135 Å². The SMILES string of the molecule is CN(Cc1ccc(Cl)cc1)C(=O)c1cc(N)c(F)cc1Br. The van der Waals surface area contributed by atoms with Crippen LogP contribution < -0.4 is 5.73 Å². The van der Waals surface area contributed by atoms with E-state index in [4.69, 9.17) is 17.3 Å². The largest absolute Gasteiger partial charge is 0.396 e. The Bertz CT molecular complexity index is 676. The molecular weight excluding hydrogens is 359 g/mol. The molecule has 110 valence electrons. The van der Waals surface area contributed by atoms with Crippen LogP contribution in [0.15, 0.2) is 40.9 Å². The van der Waals surface area contributed by atoms with Crippen LogP contribution in [0.3, 0.4) is 0 Å². The number of halogens is 3. The molecule has 0 saturated carbocycles. The Hall–Kier alpha value is -1.59. The van der Waals surface area contributed by atoms with E-state index >= 15 is 0 Å². The van der Waals surface area contributed by atoms with Crippen molar-refractivity contribution in [2.24, 2.45) is 0 Å². The predicted molar refractivity (Wildman–Crippen MR) is 85.8 cm³/mol. The molecule has 0 unspecified atom stereocenters. The Balaban J connectivity index is 2.19. The molecule has 0 bridgehead atoms. The van der Waals surface area contributed by atoms with E-state index < -0.39 is 5.82 Å². The summed E-state index contributed by atoms with van der Waals surface area (Å²) < 4.78 is 13.7. The van der Waals surface area contributed by atoms with Gasteiger partial charge in [0.15, 0.2) is 0 Å². The van der Waals surface area contributed by atoms with Gasteiger partial charge in [-0.1, -0.05) is 23.7 Å². The smallest absolute Gasteiger partial charge is 0.255 e. The first-order valence-electron chi connectivity index (χ1n) is 6.13. The van der Waals surface area contributed by atoms with Crippen molar-refractivity contribution < 1.29 is 9.18 Å². The zero-order valence-electron chi connectivity index (χ0n) is 11.2. The molecule has 2 rings (SSSR count). The van der Waals surface area contributed by atoms with Gasteiger partial charge in [0.25, 0.3) is 5.91 Å². The molecule has 1 amide bonds. The number of hydrogen-bond donors (Lipinski definition) is 1. The summed E-state index contributed by atoms with van der Waals surface area (Å²) in [5.41, 5.74) is 6.73. The molecular formula is C15H13BrClFN2O. The molecule has 3 nitrogen and oxygen atoms in total. The van der Waals surface area contributed by atoms with Crippen LogP contribution in [0.5, 0.6) is 0 Å². The Morgan fingerprint density at radius 3 is 2.57 bits per heavy atom. The van der Waals surface area contributed by atoms with Gasteiger partial charge in [0, 0.05) is 23.1 Å². The second-order valence-corrected chi connectivity index (χ2v) is 5.93. The van der Waals surface area contributed by atoms with Gasteiger partial charge in [-0.15, -0.1) is 0 Å². The van der Waals surface area contributed by atoms with E-state index in [1.807, 2.05) is 12.1 Å². The number of rotatable bonds is 3. The lowest BCUT2D eigenvalue weighted by Crippen LogP contribution is -2.26. The van der Waals surface area contributed by atoms with Crippen molar-refractivity contribution in [3.8, 4) is 0 Å². The highest BCUT2D eigenvalue weighted by Crippen LogP contribution is 2.24. The van der Waals surface area contributed by atoms with Crippen molar-refractivity contribution in [1.29, 1.82) is 0 Å². The number of nitrogen functional groups attached to an aromatic ring is 1. The number of nitrogens with two attached hydrogens (primary N) is 1. The van der Waals surface area contributed by atoms with Crippen molar-refractivity contribution in [2.45, 2.75) is 6.54 Å². The maximum absolute atomic E-state index is 13.3. The Morgan fingerprint density at radius 2 is 1.95 bits per heavy atom. The van der Waals surface area contributed by atoms with E-state index in [0.29, 0.717) is 21.6 Å². The van der Waals surface area contributed by atoms with Gasteiger partial charge < -0.3 is 10.6 Å². The topological polar surface area (TPSA) is 46.3 Å². The summed E-state index contributed by atoms with van der Waals surface area (Å²) in [6.45, 7) is 0.416. The first-order valence-corrected chi connectivity index (χ1v) is 7.30. The maximum atomic E-state index is 13.3. The Morgan fingerprint density at radius 1 is 1.33 bits per heavy atom. The average Bonchev–Trinajstić information content (AvgIpc) is 2.44. The quantitative estimate of drug-likeness (QED) is 0.826. The second-order valence-electron chi connectivity index (χ2n) is 4.64. The van der Waals surface area contributed by atoms with Crippen LogP contribution >= 0.6 is 27.5 Å². The maximum Gasteiger partial charge on any atom is 0.255 e. The first kappa shape index (κ1) is 15.8. The normalized spacial score (nSPS) is 10.5.